The minimum Gasteiger partial charge on any atom is -0.478 e. The molecule has 0 aliphatic carbocycles. The molecule has 0 radical (unpaired) electrons. The highest BCUT2D eigenvalue weighted by atomic mass is 35.5. The summed E-state index contributed by atoms with van der Waals surface area (Å²) in [4.78, 5) is 26.1. The summed E-state index contributed by atoms with van der Waals surface area (Å²) in [6, 6.07) is 15.0. The van der Waals surface area contributed by atoms with E-state index in [1.54, 1.807) is 30.5 Å². The van der Waals surface area contributed by atoms with Crippen molar-refractivity contribution in [2.24, 2.45) is 0 Å². The molecule has 234 valence electrons. The van der Waals surface area contributed by atoms with Crippen LogP contribution in [0.15, 0.2) is 54.7 Å². The minimum absolute atomic E-state index is 0.0881. The quantitative estimate of drug-likeness (QED) is 0.308. The van der Waals surface area contributed by atoms with Crippen LogP contribution in [0.2, 0.25) is 5.02 Å². The normalized spacial score (nSPS) is 26.1. The number of carboxylic acids is 1. The van der Waals surface area contributed by atoms with Crippen molar-refractivity contribution in [3.05, 3.63) is 76.8 Å². The summed E-state index contributed by atoms with van der Waals surface area (Å²) < 4.78 is 27.1. The van der Waals surface area contributed by atoms with Gasteiger partial charge in [0.25, 0.3) is 5.79 Å². The van der Waals surface area contributed by atoms with Gasteiger partial charge in [0.2, 0.25) is 0 Å². The molecule has 4 aliphatic rings. The van der Waals surface area contributed by atoms with E-state index in [1.807, 2.05) is 25.1 Å². The molecule has 0 unspecified atom stereocenters. The van der Waals surface area contributed by atoms with Crippen molar-refractivity contribution in [1.82, 2.24) is 19.4 Å². The molecule has 0 bridgehead atoms. The fourth-order valence-electron chi connectivity index (χ4n) is 7.13. The first-order chi connectivity index (χ1) is 21.9. The molecule has 2 aromatic carbocycles. The van der Waals surface area contributed by atoms with Crippen LogP contribution in [0.4, 0.5) is 5.69 Å². The number of fused-ring (bicyclic) bond motifs is 3. The number of carbonyl (C=O) groups is 1. The second-order valence-corrected chi connectivity index (χ2v) is 12.7. The van der Waals surface area contributed by atoms with Gasteiger partial charge in [0, 0.05) is 32.8 Å². The predicted octanol–water partition coefficient (Wildman–Crippen LogP) is 4.70. The number of para-hydroxylation sites is 1. The van der Waals surface area contributed by atoms with Gasteiger partial charge in [-0.05, 0) is 55.3 Å². The van der Waals surface area contributed by atoms with Crippen molar-refractivity contribution >= 4 is 34.3 Å². The average Bonchev–Trinajstić information content (AvgIpc) is 3.84. The highest BCUT2D eigenvalue weighted by Crippen LogP contribution is 2.50. The van der Waals surface area contributed by atoms with Crippen LogP contribution in [0, 0.1) is 0 Å². The van der Waals surface area contributed by atoms with E-state index in [2.05, 4.69) is 25.4 Å². The van der Waals surface area contributed by atoms with E-state index in [1.165, 1.54) is 0 Å². The SMILES string of the molecule is C[C@]1(c2ccc(Cl)cn2)Oc2cccc(N3CCN(Cc4nc5ccc(C(=O)O)cc5n4C[C@@H]4CCCO4)[C@H]4COC[C@H]43)c2O1. The lowest BCUT2D eigenvalue weighted by atomic mass is 10.0. The number of aromatic nitrogens is 3. The molecule has 1 N–H and O–H groups in total. The fourth-order valence-corrected chi connectivity index (χ4v) is 7.24. The van der Waals surface area contributed by atoms with Gasteiger partial charge >= 0.3 is 5.97 Å². The van der Waals surface area contributed by atoms with Crippen molar-refractivity contribution in [2.45, 2.75) is 56.8 Å². The molecule has 12 heteroatoms. The van der Waals surface area contributed by atoms with E-state index >= 15 is 0 Å². The molecule has 4 aliphatic heterocycles. The number of hydrogen-bond donors (Lipinski definition) is 1. The molecule has 6 heterocycles. The number of benzene rings is 2. The molecule has 0 amide bonds. The molecule has 3 fully saturated rings. The largest absolute Gasteiger partial charge is 0.478 e. The second kappa shape index (κ2) is 11.2. The molecule has 3 saturated heterocycles. The van der Waals surface area contributed by atoms with Gasteiger partial charge in [-0.25, -0.2) is 9.78 Å². The van der Waals surface area contributed by atoms with Crippen LogP contribution >= 0.6 is 11.6 Å². The predicted molar refractivity (Wildman–Crippen MR) is 166 cm³/mol. The molecule has 8 rings (SSSR count). The number of piperazine rings is 1. The number of ether oxygens (including phenoxy) is 4. The highest BCUT2D eigenvalue weighted by molar-refractivity contribution is 6.30. The average molecular weight is 632 g/mol. The van der Waals surface area contributed by atoms with E-state index < -0.39 is 11.8 Å². The van der Waals surface area contributed by atoms with Gasteiger partial charge in [0.05, 0.1) is 71.8 Å². The van der Waals surface area contributed by atoms with Crippen LogP contribution in [0.5, 0.6) is 11.5 Å². The van der Waals surface area contributed by atoms with Gasteiger partial charge in [-0.15, -0.1) is 0 Å². The van der Waals surface area contributed by atoms with Crippen LogP contribution in [0.1, 0.15) is 41.6 Å². The number of halogens is 1. The molecule has 4 atom stereocenters. The summed E-state index contributed by atoms with van der Waals surface area (Å²) in [7, 11) is 0. The third-order valence-corrected chi connectivity index (χ3v) is 9.63. The third-order valence-electron chi connectivity index (χ3n) is 9.41. The Hall–Kier alpha value is -3.90. The molecule has 2 aromatic heterocycles. The third kappa shape index (κ3) is 5.07. The molecular formula is C33H34ClN5O6. The van der Waals surface area contributed by atoms with Gasteiger partial charge in [-0.3, -0.25) is 9.88 Å². The van der Waals surface area contributed by atoms with Crippen molar-refractivity contribution in [3.8, 4) is 11.5 Å². The molecular weight excluding hydrogens is 598 g/mol. The van der Waals surface area contributed by atoms with E-state index in [0.717, 1.165) is 55.1 Å². The highest BCUT2D eigenvalue weighted by Gasteiger charge is 2.46. The first-order valence-electron chi connectivity index (χ1n) is 15.4. The number of hydrogen-bond acceptors (Lipinski definition) is 9. The standard InChI is InChI=1S/C33H34ClN5O6/c1-33(29-10-8-21(34)15-35-29)44-28-6-2-5-24(31(28)45-33)38-12-11-37(26-18-42-19-27(26)38)17-30-36-23-9-7-20(32(40)41)14-25(23)39(30)16-22-4-3-13-43-22/h2,5-10,14-15,22,26-27H,3-4,11-13,16-19H2,1H3,(H,40,41)/t22-,26-,27+,33-/m0/s1. The summed E-state index contributed by atoms with van der Waals surface area (Å²) >= 11 is 6.08. The van der Waals surface area contributed by atoms with Crippen LogP contribution < -0.4 is 14.4 Å². The summed E-state index contributed by atoms with van der Waals surface area (Å²) in [6.45, 7) is 6.64. The van der Waals surface area contributed by atoms with Crippen LogP contribution in [0.25, 0.3) is 11.0 Å². The topological polar surface area (TPSA) is 111 Å². The first-order valence-corrected chi connectivity index (χ1v) is 15.8. The number of pyridine rings is 1. The summed E-state index contributed by atoms with van der Waals surface area (Å²) in [5.41, 5.74) is 3.49. The Morgan fingerprint density at radius 1 is 1.11 bits per heavy atom. The van der Waals surface area contributed by atoms with Gasteiger partial charge in [0.15, 0.2) is 11.5 Å². The molecule has 11 nitrogen and oxygen atoms in total. The zero-order valence-corrected chi connectivity index (χ0v) is 25.7. The summed E-state index contributed by atoms with van der Waals surface area (Å²) in [5, 5.41) is 10.2. The lowest BCUT2D eigenvalue weighted by Crippen LogP contribution is -2.59. The van der Waals surface area contributed by atoms with E-state index in [4.69, 9.17) is 35.5 Å². The van der Waals surface area contributed by atoms with E-state index in [0.29, 0.717) is 48.5 Å². The van der Waals surface area contributed by atoms with Crippen LogP contribution in [-0.2, 0) is 28.4 Å². The van der Waals surface area contributed by atoms with Crippen molar-refractivity contribution < 1.29 is 28.8 Å². The molecule has 45 heavy (non-hydrogen) atoms. The molecule has 0 saturated carbocycles. The number of aromatic carboxylic acids is 1. The summed E-state index contributed by atoms with van der Waals surface area (Å²) in [6.07, 6.45) is 3.70. The van der Waals surface area contributed by atoms with Crippen LogP contribution in [0.3, 0.4) is 0 Å². The molecule has 4 aromatic rings. The van der Waals surface area contributed by atoms with Gasteiger partial charge in [-0.1, -0.05) is 17.7 Å². The Balaban J connectivity index is 1.07. The monoisotopic (exact) mass is 631 g/mol. The Morgan fingerprint density at radius 2 is 2.00 bits per heavy atom. The number of anilines is 1. The Kier molecular flexibility index (Phi) is 7.09. The Labute approximate surface area is 265 Å². The van der Waals surface area contributed by atoms with Gasteiger partial charge in [-0.2, -0.15) is 0 Å². The number of imidazole rings is 1. The lowest BCUT2D eigenvalue weighted by molar-refractivity contribution is -0.0716. The number of carboxylic acid groups (broad SMARTS) is 1. The first kappa shape index (κ1) is 28.6. The van der Waals surface area contributed by atoms with Crippen molar-refractivity contribution in [1.29, 1.82) is 0 Å². The molecule has 0 spiro atoms. The maximum Gasteiger partial charge on any atom is 0.335 e. The zero-order valence-electron chi connectivity index (χ0n) is 24.9. The lowest BCUT2D eigenvalue weighted by Gasteiger charge is -2.44. The maximum atomic E-state index is 11.8. The summed E-state index contributed by atoms with van der Waals surface area (Å²) in [5.74, 6) is 0.262. The van der Waals surface area contributed by atoms with Crippen molar-refractivity contribution in [2.75, 3.05) is 37.8 Å². The number of rotatable bonds is 7. The zero-order chi connectivity index (χ0) is 30.7. The smallest absolute Gasteiger partial charge is 0.335 e. The van der Waals surface area contributed by atoms with Gasteiger partial charge < -0.3 is 33.5 Å². The van der Waals surface area contributed by atoms with Crippen LogP contribution in [-0.4, -0.2) is 81.6 Å². The fraction of sp³-hybridized carbons (Fsp3) is 0.424. The maximum absolute atomic E-state index is 11.8. The van der Waals surface area contributed by atoms with E-state index in [9.17, 15) is 9.90 Å². The van der Waals surface area contributed by atoms with E-state index in [-0.39, 0.29) is 23.8 Å². The second-order valence-electron chi connectivity index (χ2n) is 12.2. The Morgan fingerprint density at radius 3 is 2.80 bits per heavy atom. The van der Waals surface area contributed by atoms with Gasteiger partial charge in [0.1, 0.15) is 11.5 Å². The number of nitrogens with zero attached hydrogens (tertiary/aromatic N) is 5. The van der Waals surface area contributed by atoms with Crippen molar-refractivity contribution in [3.63, 3.8) is 0 Å². The minimum atomic E-state index is -1.07. The Bertz CT molecular complexity index is 1760.